The van der Waals surface area contributed by atoms with Gasteiger partial charge in [-0.3, -0.25) is 14.4 Å². The number of amides is 1. The zero-order valence-electron chi connectivity index (χ0n) is 25.4. The number of nitrogens with zero attached hydrogens (tertiary/aromatic N) is 1. The van der Waals surface area contributed by atoms with Crippen LogP contribution in [0.3, 0.4) is 0 Å². The van der Waals surface area contributed by atoms with Gasteiger partial charge in [0, 0.05) is 0 Å². The first-order valence-corrected chi connectivity index (χ1v) is 15.7. The maximum atomic E-state index is 12.8. The van der Waals surface area contributed by atoms with E-state index in [1.54, 1.807) is 17.9 Å². The predicted molar refractivity (Wildman–Crippen MR) is 157 cm³/mol. The van der Waals surface area contributed by atoms with E-state index in [1.807, 2.05) is 0 Å². The monoisotopic (exact) mass is 537 g/mol. The molecule has 6 nitrogen and oxygen atoms in total. The highest BCUT2D eigenvalue weighted by molar-refractivity contribution is 5.87. The van der Waals surface area contributed by atoms with Crippen LogP contribution < -0.4 is 0 Å². The van der Waals surface area contributed by atoms with Gasteiger partial charge in [-0.05, 0) is 38.7 Å². The number of carbonyl (C=O) groups is 3. The van der Waals surface area contributed by atoms with Gasteiger partial charge in [0.25, 0.3) is 0 Å². The fourth-order valence-corrected chi connectivity index (χ4v) is 4.65. The van der Waals surface area contributed by atoms with E-state index in [-0.39, 0.29) is 42.9 Å². The first-order chi connectivity index (χ1) is 18.4. The highest BCUT2D eigenvalue weighted by Gasteiger charge is 2.22. The minimum atomic E-state index is -0.163. The van der Waals surface area contributed by atoms with E-state index in [4.69, 9.17) is 9.47 Å². The van der Waals surface area contributed by atoms with Gasteiger partial charge < -0.3 is 14.4 Å². The summed E-state index contributed by atoms with van der Waals surface area (Å²) in [6.45, 7) is 11.3. The smallest absolute Gasteiger partial charge is 0.308 e. The summed E-state index contributed by atoms with van der Waals surface area (Å²) >= 11 is 0. The minimum absolute atomic E-state index is 0.0638. The Kier molecular flexibility index (Phi) is 24.2. The lowest BCUT2D eigenvalue weighted by molar-refractivity contribution is -0.151. The van der Waals surface area contributed by atoms with Gasteiger partial charge in [0.15, 0.2) is 0 Å². The van der Waals surface area contributed by atoms with Crippen molar-refractivity contribution in [1.82, 2.24) is 4.90 Å². The van der Waals surface area contributed by atoms with Crippen molar-refractivity contribution in [2.24, 2.45) is 11.8 Å². The predicted octanol–water partition coefficient (Wildman–Crippen LogP) is 8.03. The van der Waals surface area contributed by atoms with E-state index in [0.29, 0.717) is 13.1 Å². The van der Waals surface area contributed by atoms with Crippen LogP contribution in [-0.2, 0) is 23.9 Å². The number of rotatable bonds is 25. The van der Waals surface area contributed by atoms with E-state index >= 15 is 0 Å². The zero-order chi connectivity index (χ0) is 28.4. The summed E-state index contributed by atoms with van der Waals surface area (Å²) in [6.07, 6.45) is 19.8. The molecule has 222 valence electrons. The van der Waals surface area contributed by atoms with Crippen molar-refractivity contribution in [1.29, 1.82) is 0 Å². The minimum Gasteiger partial charge on any atom is -0.464 e. The molecule has 0 rings (SSSR count). The van der Waals surface area contributed by atoms with Crippen LogP contribution in [-0.4, -0.2) is 49.0 Å². The van der Waals surface area contributed by atoms with Crippen molar-refractivity contribution in [3.05, 3.63) is 12.2 Å². The van der Waals surface area contributed by atoms with Gasteiger partial charge in [-0.2, -0.15) is 0 Å². The average molecular weight is 538 g/mol. The normalized spacial score (nSPS) is 11.4. The summed E-state index contributed by atoms with van der Waals surface area (Å²) in [5, 5.41) is 0. The number of carbonyl (C=O) groups excluding carboxylic acids is 3. The lowest BCUT2D eigenvalue weighted by Gasteiger charge is -2.23. The van der Waals surface area contributed by atoms with Crippen LogP contribution in [0.2, 0.25) is 0 Å². The lowest BCUT2D eigenvalue weighted by Crippen LogP contribution is -2.37. The number of unbranched alkanes of at least 4 members (excludes halogenated alkanes) is 8. The number of hydrogen-bond acceptors (Lipinski definition) is 5. The van der Waals surface area contributed by atoms with Crippen LogP contribution in [0, 0.1) is 11.8 Å². The molecule has 0 radical (unpaired) electrons. The second-order valence-electron chi connectivity index (χ2n) is 10.5. The van der Waals surface area contributed by atoms with Crippen LogP contribution in [0.4, 0.5) is 0 Å². The van der Waals surface area contributed by atoms with Gasteiger partial charge in [-0.1, -0.05) is 111 Å². The van der Waals surface area contributed by atoms with Gasteiger partial charge in [0.05, 0.1) is 24.9 Å². The van der Waals surface area contributed by atoms with Crippen LogP contribution in [0.25, 0.3) is 0 Å². The molecule has 0 aliphatic rings. The summed E-state index contributed by atoms with van der Waals surface area (Å²) in [7, 11) is 0. The Morgan fingerprint density at radius 2 is 0.947 bits per heavy atom. The molecule has 0 heterocycles. The highest BCUT2D eigenvalue weighted by atomic mass is 16.5. The Morgan fingerprint density at radius 1 is 0.605 bits per heavy atom. The van der Waals surface area contributed by atoms with Crippen molar-refractivity contribution >= 4 is 17.8 Å². The molecule has 0 aromatic rings. The molecular weight excluding hydrogens is 478 g/mol. The van der Waals surface area contributed by atoms with E-state index in [9.17, 15) is 14.4 Å². The molecule has 0 atom stereocenters. The molecule has 0 bridgehead atoms. The summed E-state index contributed by atoms with van der Waals surface area (Å²) in [5.41, 5.74) is 0. The molecule has 0 aromatic heterocycles. The van der Waals surface area contributed by atoms with Gasteiger partial charge in [0.2, 0.25) is 5.91 Å². The summed E-state index contributed by atoms with van der Waals surface area (Å²) in [4.78, 5) is 39.8. The number of hydrogen-bond donors (Lipinski definition) is 0. The summed E-state index contributed by atoms with van der Waals surface area (Å²) in [6, 6.07) is 0. The van der Waals surface area contributed by atoms with Crippen molar-refractivity contribution < 1.29 is 23.9 Å². The number of ether oxygens (including phenoxy) is 2. The molecule has 0 saturated carbocycles. The van der Waals surface area contributed by atoms with Gasteiger partial charge in [-0.15, -0.1) is 0 Å². The molecule has 0 spiro atoms. The summed E-state index contributed by atoms with van der Waals surface area (Å²) in [5.74, 6) is -0.588. The van der Waals surface area contributed by atoms with E-state index in [2.05, 4.69) is 27.7 Å². The molecule has 38 heavy (non-hydrogen) atoms. The fourth-order valence-electron chi connectivity index (χ4n) is 4.65. The van der Waals surface area contributed by atoms with E-state index in [1.165, 1.54) is 6.08 Å². The van der Waals surface area contributed by atoms with Crippen LogP contribution in [0.1, 0.15) is 137 Å². The Bertz CT molecular complexity index is 571. The van der Waals surface area contributed by atoms with Crippen molar-refractivity contribution in [3.63, 3.8) is 0 Å². The van der Waals surface area contributed by atoms with Gasteiger partial charge in [0.1, 0.15) is 13.2 Å². The molecule has 0 aliphatic heterocycles. The Labute approximate surface area is 234 Å². The lowest BCUT2D eigenvalue weighted by atomic mass is 9.95. The zero-order valence-corrected chi connectivity index (χ0v) is 25.4. The number of allylic oxidation sites excluding steroid dienone is 1. The molecule has 0 fully saturated rings. The Morgan fingerprint density at radius 3 is 1.24 bits per heavy atom. The molecule has 6 heteroatoms. The number of esters is 2. The quantitative estimate of drug-likeness (QED) is 0.0669. The highest BCUT2D eigenvalue weighted by Crippen LogP contribution is 2.20. The molecule has 0 aromatic carbocycles. The van der Waals surface area contributed by atoms with Crippen molar-refractivity contribution in [2.45, 2.75) is 137 Å². The maximum Gasteiger partial charge on any atom is 0.308 e. The average Bonchev–Trinajstić information content (AvgIpc) is 2.90. The third kappa shape index (κ3) is 18.4. The van der Waals surface area contributed by atoms with Gasteiger partial charge >= 0.3 is 11.9 Å². The Balaban J connectivity index is 4.85. The summed E-state index contributed by atoms with van der Waals surface area (Å²) < 4.78 is 11.3. The van der Waals surface area contributed by atoms with Crippen LogP contribution in [0.15, 0.2) is 12.2 Å². The third-order valence-electron chi connectivity index (χ3n) is 7.12. The molecular formula is C32H59NO5. The first-order valence-electron chi connectivity index (χ1n) is 15.7. The second-order valence-corrected chi connectivity index (χ2v) is 10.5. The van der Waals surface area contributed by atoms with Crippen LogP contribution in [0.5, 0.6) is 0 Å². The van der Waals surface area contributed by atoms with Gasteiger partial charge in [-0.25, -0.2) is 0 Å². The largest absolute Gasteiger partial charge is 0.464 e. The molecule has 0 aliphatic carbocycles. The van der Waals surface area contributed by atoms with E-state index < -0.39 is 0 Å². The SMILES string of the molecule is C/C=C\C(=O)N(CCOC(=O)C(CCCCC)CCCCC)CCOC(=O)C(CCCCC)CCCCC. The maximum absolute atomic E-state index is 12.8. The second kappa shape index (κ2) is 25.4. The first kappa shape index (κ1) is 36.1. The molecule has 1 amide bonds. The van der Waals surface area contributed by atoms with E-state index in [0.717, 1.165) is 103 Å². The van der Waals surface area contributed by atoms with Crippen LogP contribution >= 0.6 is 0 Å². The van der Waals surface area contributed by atoms with Crippen molar-refractivity contribution in [3.8, 4) is 0 Å². The molecule has 0 saturated heterocycles. The topological polar surface area (TPSA) is 72.9 Å². The third-order valence-corrected chi connectivity index (χ3v) is 7.12. The Hall–Kier alpha value is -1.85. The fraction of sp³-hybridized carbons (Fsp3) is 0.844. The standard InChI is InChI=1S/C32H59NO5/c1-6-11-15-20-28(21-16-12-7-2)31(35)37-26-24-33(30(34)19-10-5)25-27-38-32(36)29(22-17-13-8-3)23-18-14-9-4/h10,19,28-29H,6-9,11-18,20-27H2,1-5H3/b19-10-. The van der Waals surface area contributed by atoms with Crippen molar-refractivity contribution in [2.75, 3.05) is 26.3 Å². The molecule has 0 unspecified atom stereocenters. The molecule has 0 N–H and O–H groups in total.